The maximum absolute atomic E-state index is 12.3. The van der Waals surface area contributed by atoms with Crippen LogP contribution in [0.1, 0.15) is 70.8 Å². The summed E-state index contributed by atoms with van der Waals surface area (Å²) in [5.41, 5.74) is 1.57. The summed E-state index contributed by atoms with van der Waals surface area (Å²) in [6, 6.07) is 5.71. The summed E-state index contributed by atoms with van der Waals surface area (Å²) < 4.78 is 10.8. The van der Waals surface area contributed by atoms with E-state index in [1.54, 1.807) is 0 Å². The minimum absolute atomic E-state index is 0.0844. The molecule has 0 aliphatic carbocycles. The molecule has 0 heterocycles. The van der Waals surface area contributed by atoms with E-state index in [2.05, 4.69) is 34.6 Å². The van der Waals surface area contributed by atoms with Crippen LogP contribution in [-0.2, 0) is 10.2 Å². The Hall–Kier alpha value is -1.62. The van der Waals surface area contributed by atoms with Crippen molar-refractivity contribution in [2.45, 2.75) is 60.3 Å². The fourth-order valence-electron chi connectivity index (χ4n) is 3.38. The first-order chi connectivity index (χ1) is 11.9. The lowest BCUT2D eigenvalue weighted by atomic mass is 9.72. The molecule has 4 nitrogen and oxygen atoms in total. The van der Waals surface area contributed by atoms with Crippen LogP contribution in [0.15, 0.2) is 18.2 Å². The van der Waals surface area contributed by atoms with Crippen LogP contribution in [0.25, 0.3) is 0 Å². The number of esters is 1. The Balaban J connectivity index is 3.26. The summed E-state index contributed by atoms with van der Waals surface area (Å²) in [6.07, 6.45) is 0.985. The zero-order valence-corrected chi connectivity index (χ0v) is 18.3. The van der Waals surface area contributed by atoms with Gasteiger partial charge in [-0.2, -0.15) is 0 Å². The van der Waals surface area contributed by atoms with E-state index in [-0.39, 0.29) is 10.8 Å². The van der Waals surface area contributed by atoms with E-state index in [0.717, 1.165) is 25.1 Å². The van der Waals surface area contributed by atoms with E-state index in [0.29, 0.717) is 16.5 Å². The van der Waals surface area contributed by atoms with Crippen molar-refractivity contribution in [1.82, 2.24) is 4.90 Å². The van der Waals surface area contributed by atoms with Gasteiger partial charge in [0.2, 0.25) is 0 Å². The van der Waals surface area contributed by atoms with Crippen molar-refractivity contribution >= 4 is 23.4 Å². The number of carbonyl (C=O) groups excluding carboxylic acids is 1. The van der Waals surface area contributed by atoms with Crippen LogP contribution in [0.2, 0.25) is 0 Å². The van der Waals surface area contributed by atoms with Gasteiger partial charge in [-0.25, -0.2) is 4.79 Å². The van der Waals surface area contributed by atoms with Crippen LogP contribution in [0.4, 0.5) is 0 Å². The maximum Gasteiger partial charge on any atom is 0.341 e. The van der Waals surface area contributed by atoms with Gasteiger partial charge in [-0.05, 0) is 61.0 Å². The highest BCUT2D eigenvalue weighted by Gasteiger charge is 2.29. The first-order valence-electron chi connectivity index (χ1n) is 9.14. The van der Waals surface area contributed by atoms with Crippen molar-refractivity contribution in [3.05, 3.63) is 29.3 Å². The number of hydrogen-bond donors (Lipinski definition) is 0. The van der Waals surface area contributed by atoms with Crippen molar-refractivity contribution in [3.8, 4) is 5.75 Å². The van der Waals surface area contributed by atoms with Crippen molar-refractivity contribution in [2.75, 3.05) is 20.2 Å². The van der Waals surface area contributed by atoms with Gasteiger partial charge < -0.3 is 14.4 Å². The zero-order valence-electron chi connectivity index (χ0n) is 17.4. The van der Waals surface area contributed by atoms with Crippen molar-refractivity contribution in [1.29, 1.82) is 0 Å². The predicted octanol–water partition coefficient (Wildman–Crippen LogP) is 5.19. The average Bonchev–Trinajstić information content (AvgIpc) is 2.53. The molecule has 0 atom stereocenters. The molecule has 26 heavy (non-hydrogen) atoms. The Morgan fingerprint density at radius 2 is 1.69 bits per heavy atom. The Labute approximate surface area is 163 Å². The van der Waals surface area contributed by atoms with E-state index >= 15 is 0 Å². The van der Waals surface area contributed by atoms with Gasteiger partial charge in [0.25, 0.3) is 5.17 Å². The van der Waals surface area contributed by atoms with E-state index in [9.17, 15) is 4.79 Å². The van der Waals surface area contributed by atoms with Gasteiger partial charge in [0.15, 0.2) is 0 Å². The van der Waals surface area contributed by atoms with Crippen LogP contribution in [0, 0.1) is 5.41 Å². The van der Waals surface area contributed by atoms with Gasteiger partial charge in [-0.1, -0.05) is 40.7 Å². The van der Waals surface area contributed by atoms with E-state index in [1.165, 1.54) is 7.11 Å². The minimum Gasteiger partial charge on any atom is -0.465 e. The molecule has 0 saturated carbocycles. The first-order valence-corrected chi connectivity index (χ1v) is 9.55. The van der Waals surface area contributed by atoms with Gasteiger partial charge in [0.05, 0.1) is 7.11 Å². The summed E-state index contributed by atoms with van der Waals surface area (Å²) in [7, 11) is 1.38. The van der Waals surface area contributed by atoms with Crippen LogP contribution in [-0.4, -0.2) is 36.2 Å². The van der Waals surface area contributed by atoms with Crippen LogP contribution < -0.4 is 4.74 Å². The summed E-state index contributed by atoms with van der Waals surface area (Å²) in [6.45, 7) is 16.6. The third-order valence-electron chi connectivity index (χ3n) is 4.36. The van der Waals surface area contributed by atoms with Crippen LogP contribution in [0.5, 0.6) is 5.75 Å². The molecular weight excluding hydrogens is 346 g/mol. The topological polar surface area (TPSA) is 38.8 Å². The molecule has 5 heteroatoms. The molecule has 1 aromatic rings. The molecule has 0 saturated heterocycles. The molecular formula is C21H33NO3S. The number of carbonyl (C=O) groups is 1. The summed E-state index contributed by atoms with van der Waals surface area (Å²) >= 11 is 5.37. The standard InChI is InChI=1S/C21H33NO3S/c1-9-22(10-2)19(26)25-17-12-11-15(13-16(17)18(23)24-8)21(6,7)14-20(3,4)5/h11-13H,9-10,14H2,1-8H3. The van der Waals surface area contributed by atoms with Gasteiger partial charge in [-0.3, -0.25) is 0 Å². The number of thiocarbonyl (C=S) groups is 1. The molecule has 0 unspecified atom stereocenters. The van der Waals surface area contributed by atoms with E-state index in [4.69, 9.17) is 21.7 Å². The minimum atomic E-state index is -0.421. The highest BCUT2D eigenvalue weighted by atomic mass is 32.1. The summed E-state index contributed by atoms with van der Waals surface area (Å²) in [4.78, 5) is 14.3. The number of hydrogen-bond acceptors (Lipinski definition) is 4. The number of nitrogens with zero attached hydrogens (tertiary/aromatic N) is 1. The normalized spacial score (nSPS) is 11.8. The molecule has 1 rings (SSSR count). The largest absolute Gasteiger partial charge is 0.465 e. The Kier molecular flexibility index (Phi) is 7.63. The molecule has 0 aliphatic rings. The van der Waals surface area contributed by atoms with Crippen molar-refractivity contribution in [3.63, 3.8) is 0 Å². The van der Waals surface area contributed by atoms with Crippen molar-refractivity contribution in [2.24, 2.45) is 5.41 Å². The molecule has 0 bridgehead atoms. The fourth-order valence-corrected chi connectivity index (χ4v) is 3.73. The van der Waals surface area contributed by atoms with Gasteiger partial charge in [0.1, 0.15) is 11.3 Å². The predicted molar refractivity (Wildman–Crippen MR) is 111 cm³/mol. The molecule has 0 aromatic heterocycles. The zero-order chi connectivity index (χ0) is 20.1. The summed E-state index contributed by atoms with van der Waals surface area (Å²) in [5.74, 6) is 0.0137. The number of benzene rings is 1. The van der Waals surface area contributed by atoms with Gasteiger partial charge >= 0.3 is 5.97 Å². The first kappa shape index (κ1) is 22.4. The van der Waals surface area contributed by atoms with Crippen molar-refractivity contribution < 1.29 is 14.3 Å². The second-order valence-electron chi connectivity index (χ2n) is 8.36. The molecule has 0 spiro atoms. The highest BCUT2D eigenvalue weighted by Crippen LogP contribution is 2.38. The highest BCUT2D eigenvalue weighted by molar-refractivity contribution is 7.80. The lowest BCUT2D eigenvalue weighted by molar-refractivity contribution is 0.0598. The fraction of sp³-hybridized carbons (Fsp3) is 0.619. The molecule has 0 radical (unpaired) electrons. The molecule has 1 aromatic carbocycles. The quantitative estimate of drug-likeness (QED) is 0.502. The lowest BCUT2D eigenvalue weighted by Crippen LogP contribution is -2.33. The van der Waals surface area contributed by atoms with Crippen LogP contribution in [0.3, 0.4) is 0 Å². The number of rotatable bonds is 6. The molecule has 0 amide bonds. The Morgan fingerprint density at radius 1 is 1.12 bits per heavy atom. The molecule has 0 fully saturated rings. The monoisotopic (exact) mass is 379 g/mol. The maximum atomic E-state index is 12.3. The van der Waals surface area contributed by atoms with E-state index in [1.807, 2.05) is 36.9 Å². The van der Waals surface area contributed by atoms with E-state index < -0.39 is 5.97 Å². The third kappa shape index (κ3) is 5.97. The average molecular weight is 380 g/mol. The Bertz CT molecular complexity index is 643. The molecule has 0 N–H and O–H groups in total. The Morgan fingerprint density at radius 3 is 2.15 bits per heavy atom. The molecule has 146 valence electrons. The second kappa shape index (κ2) is 8.85. The second-order valence-corrected chi connectivity index (χ2v) is 8.71. The third-order valence-corrected chi connectivity index (χ3v) is 4.70. The SMILES string of the molecule is CCN(CC)C(=S)Oc1ccc(C(C)(C)CC(C)(C)C)cc1C(=O)OC. The smallest absolute Gasteiger partial charge is 0.341 e. The number of ether oxygens (including phenoxy) is 2. The van der Waals surface area contributed by atoms with Gasteiger partial charge in [0, 0.05) is 13.1 Å². The molecule has 0 aliphatic heterocycles. The summed E-state index contributed by atoms with van der Waals surface area (Å²) in [5, 5.41) is 0.363. The van der Waals surface area contributed by atoms with Gasteiger partial charge in [-0.15, -0.1) is 0 Å². The van der Waals surface area contributed by atoms with Crippen LogP contribution >= 0.6 is 12.2 Å². The lowest BCUT2D eigenvalue weighted by Gasteiger charge is -2.33. The number of methoxy groups -OCH3 is 1.